The van der Waals surface area contributed by atoms with Crippen LogP contribution in [0.3, 0.4) is 0 Å². The van der Waals surface area contributed by atoms with Gasteiger partial charge in [0.25, 0.3) is 0 Å². The molecular formula is C12H8ClN3. The van der Waals surface area contributed by atoms with Crippen LogP contribution in [0.25, 0.3) is 22.0 Å². The van der Waals surface area contributed by atoms with Crippen molar-refractivity contribution >= 4 is 22.5 Å². The van der Waals surface area contributed by atoms with Gasteiger partial charge in [-0.05, 0) is 23.8 Å². The predicted octanol–water partition coefficient (Wildman–Crippen LogP) is 3.28. The average molecular weight is 230 g/mol. The fourth-order valence-corrected chi connectivity index (χ4v) is 1.93. The van der Waals surface area contributed by atoms with Gasteiger partial charge in [0.15, 0.2) is 0 Å². The number of hydrogen-bond donors (Lipinski definition) is 1. The van der Waals surface area contributed by atoms with E-state index >= 15 is 0 Å². The van der Waals surface area contributed by atoms with Crippen LogP contribution in [0.4, 0.5) is 0 Å². The highest BCUT2D eigenvalue weighted by atomic mass is 35.5. The Hall–Kier alpha value is -1.87. The van der Waals surface area contributed by atoms with Gasteiger partial charge >= 0.3 is 0 Å². The zero-order valence-corrected chi connectivity index (χ0v) is 9.07. The maximum Gasteiger partial charge on any atom is 0.136 e. The molecule has 0 aliphatic carbocycles. The van der Waals surface area contributed by atoms with Gasteiger partial charge in [0.2, 0.25) is 0 Å². The van der Waals surface area contributed by atoms with Gasteiger partial charge < -0.3 is 0 Å². The summed E-state index contributed by atoms with van der Waals surface area (Å²) in [5.41, 5.74) is 2.97. The maximum atomic E-state index is 6.05. The van der Waals surface area contributed by atoms with Crippen molar-refractivity contribution in [2.75, 3.05) is 0 Å². The van der Waals surface area contributed by atoms with Gasteiger partial charge in [0.1, 0.15) is 5.15 Å². The minimum absolute atomic E-state index is 0.515. The highest BCUT2D eigenvalue weighted by Crippen LogP contribution is 2.27. The maximum absolute atomic E-state index is 6.05. The Balaban J connectivity index is 2.22. The van der Waals surface area contributed by atoms with Gasteiger partial charge in [-0.2, -0.15) is 5.10 Å². The van der Waals surface area contributed by atoms with Gasteiger partial charge in [0.05, 0.1) is 11.7 Å². The minimum Gasteiger partial charge on any atom is -0.278 e. The molecule has 0 fully saturated rings. The zero-order valence-electron chi connectivity index (χ0n) is 8.31. The molecule has 0 radical (unpaired) electrons. The van der Waals surface area contributed by atoms with Gasteiger partial charge in [-0.25, -0.2) is 4.98 Å². The Kier molecular flexibility index (Phi) is 2.11. The van der Waals surface area contributed by atoms with Crippen LogP contribution < -0.4 is 0 Å². The monoisotopic (exact) mass is 229 g/mol. The lowest BCUT2D eigenvalue weighted by atomic mass is 10.1. The number of aromatic nitrogens is 3. The molecule has 3 aromatic rings. The van der Waals surface area contributed by atoms with Crippen LogP contribution in [-0.4, -0.2) is 15.2 Å². The molecule has 2 aromatic heterocycles. The summed E-state index contributed by atoms with van der Waals surface area (Å²) < 4.78 is 0. The molecule has 0 amide bonds. The summed E-state index contributed by atoms with van der Waals surface area (Å²) in [5.74, 6) is 0. The average Bonchev–Trinajstić information content (AvgIpc) is 2.76. The number of fused-ring (bicyclic) bond motifs is 1. The predicted molar refractivity (Wildman–Crippen MR) is 64.3 cm³/mol. The molecule has 16 heavy (non-hydrogen) atoms. The molecule has 0 spiro atoms. The molecule has 0 atom stereocenters. The molecule has 0 saturated carbocycles. The molecule has 0 bridgehead atoms. The molecule has 2 heterocycles. The SMILES string of the molecule is Clc1ncccc1-c1ccc2cn[nH]c2c1. The van der Waals surface area contributed by atoms with Crippen molar-refractivity contribution in [3.8, 4) is 11.1 Å². The highest BCUT2D eigenvalue weighted by Gasteiger charge is 2.04. The second kappa shape index (κ2) is 3.61. The number of hydrogen-bond acceptors (Lipinski definition) is 2. The van der Waals surface area contributed by atoms with E-state index < -0.39 is 0 Å². The smallest absolute Gasteiger partial charge is 0.136 e. The summed E-state index contributed by atoms with van der Waals surface area (Å²) in [6.07, 6.45) is 3.48. The van der Waals surface area contributed by atoms with E-state index in [1.165, 1.54) is 0 Å². The third kappa shape index (κ3) is 1.46. The normalized spacial score (nSPS) is 10.8. The lowest BCUT2D eigenvalue weighted by molar-refractivity contribution is 1.12. The van der Waals surface area contributed by atoms with Gasteiger partial charge in [-0.1, -0.05) is 23.7 Å². The van der Waals surface area contributed by atoms with Crippen LogP contribution in [0.1, 0.15) is 0 Å². The van der Waals surface area contributed by atoms with Crippen LogP contribution in [0.5, 0.6) is 0 Å². The molecule has 0 aliphatic rings. The summed E-state index contributed by atoms with van der Waals surface area (Å²) in [6, 6.07) is 9.87. The zero-order chi connectivity index (χ0) is 11.0. The van der Waals surface area contributed by atoms with Crippen LogP contribution in [-0.2, 0) is 0 Å². The molecule has 0 saturated heterocycles. The number of H-pyrrole nitrogens is 1. The van der Waals surface area contributed by atoms with Crippen molar-refractivity contribution in [2.24, 2.45) is 0 Å². The Labute approximate surface area is 97.1 Å². The molecule has 1 aromatic carbocycles. The van der Waals surface area contributed by atoms with Crippen LogP contribution in [0.2, 0.25) is 5.15 Å². The van der Waals surface area contributed by atoms with Crippen LogP contribution in [0, 0.1) is 0 Å². The number of pyridine rings is 1. The lowest BCUT2D eigenvalue weighted by Gasteiger charge is -2.02. The van der Waals surface area contributed by atoms with Crippen molar-refractivity contribution in [1.29, 1.82) is 0 Å². The number of halogens is 1. The Morgan fingerprint density at radius 2 is 2.12 bits per heavy atom. The minimum atomic E-state index is 0.515. The third-order valence-corrected chi connectivity index (χ3v) is 2.81. The second-order valence-corrected chi connectivity index (χ2v) is 3.87. The van der Waals surface area contributed by atoms with E-state index in [2.05, 4.69) is 15.2 Å². The number of aromatic amines is 1. The molecule has 0 unspecified atom stereocenters. The number of nitrogens with one attached hydrogen (secondary N) is 1. The molecule has 4 heteroatoms. The molecule has 3 rings (SSSR count). The van der Waals surface area contributed by atoms with E-state index in [4.69, 9.17) is 11.6 Å². The topological polar surface area (TPSA) is 41.6 Å². The van der Waals surface area contributed by atoms with E-state index in [1.54, 1.807) is 12.4 Å². The number of benzene rings is 1. The van der Waals surface area contributed by atoms with E-state index in [0.717, 1.165) is 22.0 Å². The fourth-order valence-electron chi connectivity index (χ4n) is 1.71. The lowest BCUT2D eigenvalue weighted by Crippen LogP contribution is -1.82. The van der Waals surface area contributed by atoms with Crippen molar-refractivity contribution in [1.82, 2.24) is 15.2 Å². The summed E-state index contributed by atoms with van der Waals surface area (Å²) in [7, 11) is 0. The highest BCUT2D eigenvalue weighted by molar-refractivity contribution is 6.32. The molecule has 78 valence electrons. The van der Waals surface area contributed by atoms with Gasteiger partial charge in [-0.15, -0.1) is 0 Å². The van der Waals surface area contributed by atoms with Gasteiger partial charge in [-0.3, -0.25) is 5.10 Å². The quantitative estimate of drug-likeness (QED) is 0.651. The van der Waals surface area contributed by atoms with Crippen molar-refractivity contribution in [3.63, 3.8) is 0 Å². The van der Waals surface area contributed by atoms with E-state index in [-0.39, 0.29) is 0 Å². The molecule has 0 aliphatic heterocycles. The van der Waals surface area contributed by atoms with E-state index in [1.807, 2.05) is 30.3 Å². The molecule has 3 nitrogen and oxygen atoms in total. The standard InChI is InChI=1S/C12H8ClN3/c13-12-10(2-1-5-14-12)8-3-4-9-7-15-16-11(9)6-8/h1-7H,(H,15,16). The summed E-state index contributed by atoms with van der Waals surface area (Å²) in [5, 5.41) is 8.52. The first kappa shape index (κ1) is 9.36. The van der Waals surface area contributed by atoms with Crippen molar-refractivity contribution < 1.29 is 0 Å². The van der Waals surface area contributed by atoms with Crippen molar-refractivity contribution in [3.05, 3.63) is 47.9 Å². The van der Waals surface area contributed by atoms with E-state index in [0.29, 0.717) is 5.15 Å². The third-order valence-electron chi connectivity index (χ3n) is 2.51. The molecular weight excluding hydrogens is 222 g/mol. The number of rotatable bonds is 1. The summed E-state index contributed by atoms with van der Waals surface area (Å²) in [4.78, 5) is 4.06. The first-order valence-electron chi connectivity index (χ1n) is 4.88. The Bertz CT molecular complexity index is 645. The van der Waals surface area contributed by atoms with Crippen LogP contribution >= 0.6 is 11.6 Å². The van der Waals surface area contributed by atoms with Gasteiger partial charge in [0, 0.05) is 17.1 Å². The Morgan fingerprint density at radius 1 is 1.19 bits per heavy atom. The number of nitrogens with zero attached hydrogens (tertiary/aromatic N) is 2. The second-order valence-electron chi connectivity index (χ2n) is 3.51. The first-order chi connectivity index (χ1) is 7.84. The fraction of sp³-hybridized carbons (Fsp3) is 0. The largest absolute Gasteiger partial charge is 0.278 e. The Morgan fingerprint density at radius 3 is 3.00 bits per heavy atom. The molecule has 1 N–H and O–H groups in total. The van der Waals surface area contributed by atoms with E-state index in [9.17, 15) is 0 Å². The first-order valence-corrected chi connectivity index (χ1v) is 5.26. The summed E-state index contributed by atoms with van der Waals surface area (Å²) in [6.45, 7) is 0. The summed E-state index contributed by atoms with van der Waals surface area (Å²) >= 11 is 6.05. The van der Waals surface area contributed by atoms with Crippen molar-refractivity contribution in [2.45, 2.75) is 0 Å². The van der Waals surface area contributed by atoms with Crippen LogP contribution in [0.15, 0.2) is 42.7 Å².